The van der Waals surface area contributed by atoms with Gasteiger partial charge >= 0.3 is 5.97 Å². The third-order valence-corrected chi connectivity index (χ3v) is 1.93. The van der Waals surface area contributed by atoms with Gasteiger partial charge in [0.1, 0.15) is 5.75 Å². The number of hydrogen-bond acceptors (Lipinski definition) is 4. The Kier molecular flexibility index (Phi) is 3.82. The van der Waals surface area contributed by atoms with Crippen molar-refractivity contribution in [3.63, 3.8) is 0 Å². The van der Waals surface area contributed by atoms with Gasteiger partial charge in [-0.3, -0.25) is 9.78 Å². The van der Waals surface area contributed by atoms with Crippen molar-refractivity contribution >= 4 is 11.9 Å². The van der Waals surface area contributed by atoms with E-state index >= 15 is 0 Å². The average molecular weight is 224 g/mol. The van der Waals surface area contributed by atoms with Crippen LogP contribution in [0.5, 0.6) is 5.75 Å². The third kappa shape index (κ3) is 2.94. The number of rotatable bonds is 5. The molecule has 1 aromatic rings. The molecule has 1 heterocycles. The molecular formula is C10H12N2O4. The summed E-state index contributed by atoms with van der Waals surface area (Å²) < 4.78 is 5.22. The van der Waals surface area contributed by atoms with E-state index in [0.717, 1.165) is 0 Å². The molecule has 0 aromatic carbocycles. The summed E-state index contributed by atoms with van der Waals surface area (Å²) in [6.45, 7) is 1.74. The average Bonchev–Trinajstić information content (AvgIpc) is 2.25. The van der Waals surface area contributed by atoms with Crippen LogP contribution in [0, 0.1) is 0 Å². The van der Waals surface area contributed by atoms with E-state index in [1.54, 1.807) is 6.92 Å². The highest BCUT2D eigenvalue weighted by Gasteiger charge is 2.15. The Balaban J connectivity index is 2.84. The number of hydrogen-bond donors (Lipinski definition) is 2. The number of carbonyl (C=O) groups excluding carboxylic acids is 1. The van der Waals surface area contributed by atoms with Gasteiger partial charge < -0.3 is 15.6 Å². The molecular weight excluding hydrogens is 212 g/mol. The van der Waals surface area contributed by atoms with Crippen LogP contribution in [0.2, 0.25) is 0 Å². The fourth-order valence-corrected chi connectivity index (χ4v) is 1.11. The number of nitrogens with two attached hydrogens (primary N) is 1. The molecule has 0 aliphatic carbocycles. The summed E-state index contributed by atoms with van der Waals surface area (Å²) in [6.07, 6.45) is 2.16. The van der Waals surface area contributed by atoms with E-state index in [1.807, 2.05) is 0 Å². The summed E-state index contributed by atoms with van der Waals surface area (Å²) in [5.41, 5.74) is 5.09. The molecule has 86 valence electrons. The number of carbonyl (C=O) groups is 2. The number of ether oxygens (including phenoxy) is 1. The van der Waals surface area contributed by atoms with E-state index in [4.69, 9.17) is 15.6 Å². The minimum absolute atomic E-state index is 0.00294. The molecule has 6 nitrogen and oxygen atoms in total. The summed E-state index contributed by atoms with van der Waals surface area (Å²) >= 11 is 0. The smallest absolute Gasteiger partial charge is 0.337 e. The number of primary amides is 1. The third-order valence-electron chi connectivity index (χ3n) is 1.93. The van der Waals surface area contributed by atoms with Gasteiger partial charge in [0.15, 0.2) is 6.10 Å². The Morgan fingerprint density at radius 1 is 1.56 bits per heavy atom. The molecule has 0 aliphatic rings. The molecule has 6 heteroatoms. The Morgan fingerprint density at radius 2 is 2.25 bits per heavy atom. The SMILES string of the molecule is CCC(Oc1cncc(C(=O)O)c1)C(N)=O. The lowest BCUT2D eigenvalue weighted by atomic mass is 10.2. The van der Waals surface area contributed by atoms with E-state index < -0.39 is 18.0 Å². The minimum Gasteiger partial charge on any atom is -0.479 e. The second-order valence-corrected chi connectivity index (χ2v) is 3.13. The molecule has 0 saturated carbocycles. The van der Waals surface area contributed by atoms with Crippen molar-refractivity contribution in [1.29, 1.82) is 0 Å². The van der Waals surface area contributed by atoms with E-state index in [-0.39, 0.29) is 11.3 Å². The van der Waals surface area contributed by atoms with E-state index in [9.17, 15) is 9.59 Å². The highest BCUT2D eigenvalue weighted by Crippen LogP contribution is 2.14. The maximum Gasteiger partial charge on any atom is 0.337 e. The number of carboxylic acid groups (broad SMARTS) is 1. The molecule has 1 rings (SSSR count). The molecule has 0 radical (unpaired) electrons. The molecule has 0 bridgehead atoms. The molecule has 1 aromatic heterocycles. The van der Waals surface area contributed by atoms with Crippen molar-refractivity contribution in [3.8, 4) is 5.75 Å². The fraction of sp³-hybridized carbons (Fsp3) is 0.300. The Hall–Kier alpha value is -2.11. The number of carboxylic acids is 1. The first-order chi connectivity index (χ1) is 7.54. The van der Waals surface area contributed by atoms with Gasteiger partial charge in [0.2, 0.25) is 0 Å². The van der Waals surface area contributed by atoms with Crippen LogP contribution >= 0.6 is 0 Å². The first-order valence-corrected chi connectivity index (χ1v) is 4.69. The number of amides is 1. The number of pyridine rings is 1. The standard InChI is InChI=1S/C10H12N2O4/c1-2-8(9(11)13)16-7-3-6(10(14)15)4-12-5-7/h3-5,8H,2H2,1H3,(H2,11,13)(H,14,15). The summed E-state index contributed by atoms with van der Waals surface area (Å²) in [5.74, 6) is -1.49. The first kappa shape index (κ1) is 12.0. The summed E-state index contributed by atoms with van der Waals surface area (Å²) in [7, 11) is 0. The summed E-state index contributed by atoms with van der Waals surface area (Å²) in [4.78, 5) is 25.3. The maximum atomic E-state index is 10.9. The zero-order chi connectivity index (χ0) is 12.1. The van der Waals surface area contributed by atoms with Crippen LogP contribution in [-0.2, 0) is 4.79 Å². The van der Waals surface area contributed by atoms with Crippen LogP contribution in [0.4, 0.5) is 0 Å². The molecule has 1 atom stereocenters. The minimum atomic E-state index is -1.11. The van der Waals surface area contributed by atoms with Gasteiger partial charge in [-0.2, -0.15) is 0 Å². The second-order valence-electron chi connectivity index (χ2n) is 3.13. The van der Waals surface area contributed by atoms with Gasteiger partial charge in [-0.1, -0.05) is 6.92 Å². The summed E-state index contributed by atoms with van der Waals surface area (Å²) in [6, 6.07) is 1.29. The lowest BCUT2D eigenvalue weighted by molar-refractivity contribution is -0.124. The molecule has 3 N–H and O–H groups in total. The highest BCUT2D eigenvalue weighted by molar-refractivity contribution is 5.87. The monoisotopic (exact) mass is 224 g/mol. The summed E-state index contributed by atoms with van der Waals surface area (Å²) in [5, 5.41) is 8.72. The molecule has 0 aliphatic heterocycles. The molecule has 1 unspecified atom stereocenters. The van der Waals surface area contributed by atoms with Crippen LogP contribution < -0.4 is 10.5 Å². The topological polar surface area (TPSA) is 103 Å². The predicted octanol–water partition coefficient (Wildman–Crippen LogP) is 0.422. The van der Waals surface area contributed by atoms with Crippen molar-refractivity contribution in [2.75, 3.05) is 0 Å². The van der Waals surface area contributed by atoms with Gasteiger partial charge in [-0.25, -0.2) is 4.79 Å². The molecule has 0 saturated heterocycles. The predicted molar refractivity (Wildman–Crippen MR) is 55.1 cm³/mol. The number of nitrogens with zero attached hydrogens (tertiary/aromatic N) is 1. The van der Waals surface area contributed by atoms with Crippen LogP contribution in [0.15, 0.2) is 18.5 Å². The zero-order valence-corrected chi connectivity index (χ0v) is 8.71. The Morgan fingerprint density at radius 3 is 2.75 bits per heavy atom. The molecule has 0 spiro atoms. The van der Waals surface area contributed by atoms with Crippen molar-refractivity contribution in [2.24, 2.45) is 5.73 Å². The van der Waals surface area contributed by atoms with Crippen molar-refractivity contribution < 1.29 is 19.4 Å². The maximum absolute atomic E-state index is 10.9. The van der Waals surface area contributed by atoms with E-state index in [2.05, 4.69) is 4.98 Å². The van der Waals surface area contributed by atoms with Crippen molar-refractivity contribution in [3.05, 3.63) is 24.0 Å². The zero-order valence-electron chi connectivity index (χ0n) is 8.71. The van der Waals surface area contributed by atoms with E-state index in [1.165, 1.54) is 18.5 Å². The Bertz CT molecular complexity index is 406. The number of aromatic nitrogens is 1. The lowest BCUT2D eigenvalue weighted by Gasteiger charge is -2.13. The Labute approximate surface area is 92.0 Å². The van der Waals surface area contributed by atoms with Gasteiger partial charge in [0, 0.05) is 6.20 Å². The molecule has 1 amide bonds. The van der Waals surface area contributed by atoms with Crippen molar-refractivity contribution in [1.82, 2.24) is 4.98 Å². The van der Waals surface area contributed by atoms with Crippen molar-refractivity contribution in [2.45, 2.75) is 19.4 Å². The molecule has 0 fully saturated rings. The second kappa shape index (κ2) is 5.11. The van der Waals surface area contributed by atoms with Gasteiger partial charge in [-0.05, 0) is 12.5 Å². The first-order valence-electron chi connectivity index (χ1n) is 4.69. The van der Waals surface area contributed by atoms with E-state index in [0.29, 0.717) is 6.42 Å². The van der Waals surface area contributed by atoms with Crippen LogP contribution in [0.3, 0.4) is 0 Å². The van der Waals surface area contributed by atoms with Gasteiger partial charge in [0.05, 0.1) is 11.8 Å². The quantitative estimate of drug-likeness (QED) is 0.754. The molecule has 16 heavy (non-hydrogen) atoms. The fourth-order valence-electron chi connectivity index (χ4n) is 1.11. The number of aromatic carboxylic acids is 1. The van der Waals surface area contributed by atoms with Crippen LogP contribution in [-0.4, -0.2) is 28.1 Å². The van der Waals surface area contributed by atoms with Gasteiger partial charge in [-0.15, -0.1) is 0 Å². The largest absolute Gasteiger partial charge is 0.479 e. The van der Waals surface area contributed by atoms with Gasteiger partial charge in [0.25, 0.3) is 5.91 Å². The lowest BCUT2D eigenvalue weighted by Crippen LogP contribution is -2.33. The highest BCUT2D eigenvalue weighted by atomic mass is 16.5. The van der Waals surface area contributed by atoms with Crippen LogP contribution in [0.25, 0.3) is 0 Å². The normalized spacial score (nSPS) is 11.8. The van der Waals surface area contributed by atoms with Crippen LogP contribution in [0.1, 0.15) is 23.7 Å².